The first-order valence-electron chi connectivity index (χ1n) is 10.2. The van der Waals surface area contributed by atoms with E-state index in [0.29, 0.717) is 24.8 Å². The van der Waals surface area contributed by atoms with Gasteiger partial charge in [0.05, 0.1) is 31.8 Å². The predicted octanol–water partition coefficient (Wildman–Crippen LogP) is 2.12. The molecule has 2 aromatic heterocycles. The van der Waals surface area contributed by atoms with Crippen LogP contribution < -0.4 is 5.32 Å². The van der Waals surface area contributed by atoms with Crippen LogP contribution in [0.1, 0.15) is 44.2 Å². The zero-order valence-corrected chi connectivity index (χ0v) is 17.9. The monoisotopic (exact) mass is 419 g/mol. The number of ether oxygens (including phenoxy) is 1. The Hall–Kier alpha value is -1.84. The number of hydrogen-bond acceptors (Lipinski definition) is 7. The maximum Gasteiger partial charge on any atom is 0.230 e. The first-order valence-corrected chi connectivity index (χ1v) is 11.2. The van der Waals surface area contributed by atoms with E-state index in [1.807, 2.05) is 12.1 Å². The van der Waals surface area contributed by atoms with E-state index in [0.717, 1.165) is 55.9 Å². The number of amides is 1. The van der Waals surface area contributed by atoms with Crippen molar-refractivity contribution in [2.45, 2.75) is 49.8 Å². The highest BCUT2D eigenvalue weighted by Gasteiger charge is 2.31. The molecule has 1 saturated heterocycles. The number of carbonyl (C=O) groups is 1. The van der Waals surface area contributed by atoms with Gasteiger partial charge in [-0.15, -0.1) is 10.2 Å². The van der Waals surface area contributed by atoms with Crippen LogP contribution in [0.3, 0.4) is 0 Å². The summed E-state index contributed by atoms with van der Waals surface area (Å²) < 4.78 is 13.0. The van der Waals surface area contributed by atoms with Crippen molar-refractivity contribution in [3.8, 4) is 0 Å². The van der Waals surface area contributed by atoms with Crippen molar-refractivity contribution >= 4 is 17.7 Å². The fourth-order valence-electron chi connectivity index (χ4n) is 3.53. The summed E-state index contributed by atoms with van der Waals surface area (Å²) in [5, 5.41) is 12.6. The van der Waals surface area contributed by atoms with Gasteiger partial charge in [-0.3, -0.25) is 14.3 Å². The van der Waals surface area contributed by atoms with Gasteiger partial charge in [-0.05, 0) is 38.8 Å². The van der Waals surface area contributed by atoms with Crippen molar-refractivity contribution in [2.75, 3.05) is 38.6 Å². The summed E-state index contributed by atoms with van der Waals surface area (Å²) >= 11 is 1.43. The van der Waals surface area contributed by atoms with Gasteiger partial charge in [0.2, 0.25) is 5.91 Å². The molecule has 1 saturated carbocycles. The molecule has 8 nitrogen and oxygen atoms in total. The third-order valence-electron chi connectivity index (χ3n) is 5.50. The molecule has 0 bridgehead atoms. The van der Waals surface area contributed by atoms with Gasteiger partial charge in [0.15, 0.2) is 5.16 Å². The number of hydrogen-bond donors (Lipinski definition) is 1. The molecule has 1 aliphatic carbocycles. The molecule has 1 aliphatic heterocycles. The van der Waals surface area contributed by atoms with Gasteiger partial charge in [-0.2, -0.15) is 0 Å². The summed E-state index contributed by atoms with van der Waals surface area (Å²) in [6.07, 6.45) is 3.98. The molecule has 0 unspecified atom stereocenters. The SMILES string of the molecule is CC(C)(CNC(=O)CSc1nnc(C2CC2)n1Cc1ccco1)N1CCOCC1. The highest BCUT2D eigenvalue weighted by atomic mass is 32.2. The molecule has 2 aromatic rings. The molecule has 0 aromatic carbocycles. The van der Waals surface area contributed by atoms with Crippen molar-refractivity contribution in [3.05, 3.63) is 30.0 Å². The quantitative estimate of drug-likeness (QED) is 0.623. The minimum atomic E-state index is -0.0947. The van der Waals surface area contributed by atoms with Gasteiger partial charge in [0, 0.05) is 31.1 Å². The van der Waals surface area contributed by atoms with Crippen LogP contribution in [-0.2, 0) is 16.1 Å². The van der Waals surface area contributed by atoms with Gasteiger partial charge in [-0.1, -0.05) is 11.8 Å². The molecule has 3 heterocycles. The van der Waals surface area contributed by atoms with Crippen molar-refractivity contribution in [3.63, 3.8) is 0 Å². The van der Waals surface area contributed by atoms with Crippen LogP contribution in [0.4, 0.5) is 0 Å². The highest BCUT2D eigenvalue weighted by molar-refractivity contribution is 7.99. The summed E-state index contributed by atoms with van der Waals surface area (Å²) in [6.45, 7) is 8.83. The summed E-state index contributed by atoms with van der Waals surface area (Å²) in [7, 11) is 0. The number of furan rings is 1. The van der Waals surface area contributed by atoms with Crippen LogP contribution in [0.2, 0.25) is 0 Å². The Morgan fingerprint density at radius 3 is 2.79 bits per heavy atom. The molecule has 0 atom stereocenters. The van der Waals surface area contributed by atoms with Crippen molar-refractivity contribution in [1.29, 1.82) is 0 Å². The fraction of sp³-hybridized carbons (Fsp3) is 0.650. The lowest BCUT2D eigenvalue weighted by Gasteiger charge is -2.40. The fourth-order valence-corrected chi connectivity index (χ4v) is 4.31. The Balaban J connectivity index is 1.32. The third kappa shape index (κ3) is 5.21. The number of nitrogens with zero attached hydrogens (tertiary/aromatic N) is 4. The molecule has 2 aliphatic rings. The normalized spacial score (nSPS) is 18.1. The average Bonchev–Trinajstić information content (AvgIpc) is 3.29. The summed E-state index contributed by atoms with van der Waals surface area (Å²) in [4.78, 5) is 14.8. The highest BCUT2D eigenvalue weighted by Crippen LogP contribution is 2.40. The minimum absolute atomic E-state index is 0.0110. The van der Waals surface area contributed by atoms with Gasteiger partial charge >= 0.3 is 0 Å². The molecule has 0 radical (unpaired) electrons. The van der Waals surface area contributed by atoms with Crippen LogP contribution in [-0.4, -0.2) is 69.7 Å². The number of nitrogens with one attached hydrogen (secondary N) is 1. The Morgan fingerprint density at radius 1 is 1.31 bits per heavy atom. The maximum atomic E-state index is 12.5. The van der Waals surface area contributed by atoms with E-state index in [4.69, 9.17) is 9.15 Å². The standard InChI is InChI=1S/C20H29N5O3S/c1-20(2,24-7-10-27-11-8-24)14-21-17(26)13-29-19-23-22-18(15-5-6-15)25(19)12-16-4-3-9-28-16/h3-4,9,15H,5-8,10-14H2,1-2H3,(H,21,26). The molecule has 0 spiro atoms. The van der Waals surface area contributed by atoms with Crippen LogP contribution in [0.25, 0.3) is 0 Å². The molecule has 158 valence electrons. The molecule has 9 heteroatoms. The number of thioether (sulfide) groups is 1. The van der Waals surface area contributed by atoms with Crippen LogP contribution >= 0.6 is 11.8 Å². The van der Waals surface area contributed by atoms with Crippen molar-refractivity contribution < 1.29 is 13.9 Å². The van der Waals surface area contributed by atoms with E-state index in [2.05, 4.69) is 38.8 Å². The predicted molar refractivity (Wildman–Crippen MR) is 110 cm³/mol. The number of morpholine rings is 1. The summed E-state index contributed by atoms with van der Waals surface area (Å²) in [5.41, 5.74) is -0.0947. The molecule has 2 fully saturated rings. The molecule has 1 amide bonds. The van der Waals surface area contributed by atoms with Gasteiger partial charge in [0.25, 0.3) is 0 Å². The van der Waals surface area contributed by atoms with Crippen LogP contribution in [0.15, 0.2) is 28.0 Å². The van der Waals surface area contributed by atoms with E-state index in [1.54, 1.807) is 6.26 Å². The molecular weight excluding hydrogens is 390 g/mol. The van der Waals surface area contributed by atoms with Crippen LogP contribution in [0.5, 0.6) is 0 Å². The molecule has 4 rings (SSSR count). The van der Waals surface area contributed by atoms with Crippen molar-refractivity contribution in [1.82, 2.24) is 25.0 Å². The van der Waals surface area contributed by atoms with E-state index >= 15 is 0 Å². The van der Waals surface area contributed by atoms with Crippen LogP contribution in [0, 0.1) is 0 Å². The third-order valence-corrected chi connectivity index (χ3v) is 6.47. The second kappa shape index (κ2) is 8.89. The zero-order chi connectivity index (χ0) is 20.3. The number of carbonyl (C=O) groups excluding carboxylic acids is 1. The largest absolute Gasteiger partial charge is 0.467 e. The van der Waals surface area contributed by atoms with Crippen molar-refractivity contribution in [2.24, 2.45) is 0 Å². The van der Waals surface area contributed by atoms with E-state index in [9.17, 15) is 4.79 Å². The lowest BCUT2D eigenvalue weighted by atomic mass is 10.0. The second-order valence-corrected chi connectivity index (χ2v) is 9.20. The Labute approximate surface area is 175 Å². The first kappa shape index (κ1) is 20.4. The average molecular weight is 420 g/mol. The Kier molecular flexibility index (Phi) is 6.26. The molecule has 29 heavy (non-hydrogen) atoms. The lowest BCUT2D eigenvalue weighted by Crippen LogP contribution is -2.55. The number of rotatable bonds is 9. The first-order chi connectivity index (χ1) is 14.0. The van der Waals surface area contributed by atoms with Gasteiger partial charge in [0.1, 0.15) is 11.6 Å². The Bertz CT molecular complexity index is 810. The molecule has 1 N–H and O–H groups in total. The number of aromatic nitrogens is 3. The topological polar surface area (TPSA) is 85.4 Å². The van der Waals surface area contributed by atoms with E-state index in [-0.39, 0.29) is 11.4 Å². The maximum absolute atomic E-state index is 12.5. The minimum Gasteiger partial charge on any atom is -0.467 e. The Morgan fingerprint density at radius 2 is 2.10 bits per heavy atom. The zero-order valence-electron chi connectivity index (χ0n) is 17.1. The van der Waals surface area contributed by atoms with Gasteiger partial charge < -0.3 is 14.5 Å². The van der Waals surface area contributed by atoms with Gasteiger partial charge in [-0.25, -0.2) is 0 Å². The molecular formula is C20H29N5O3S. The second-order valence-electron chi connectivity index (χ2n) is 8.26. The van der Waals surface area contributed by atoms with E-state index in [1.165, 1.54) is 11.8 Å². The van der Waals surface area contributed by atoms with E-state index < -0.39 is 0 Å². The summed E-state index contributed by atoms with van der Waals surface area (Å²) in [6, 6.07) is 3.83. The lowest BCUT2D eigenvalue weighted by molar-refractivity contribution is -0.119. The smallest absolute Gasteiger partial charge is 0.230 e. The summed E-state index contributed by atoms with van der Waals surface area (Å²) in [5.74, 6) is 2.68.